The Morgan fingerprint density at radius 3 is 2.49 bits per heavy atom. The Hall–Kier alpha value is -4.23. The van der Waals surface area contributed by atoms with E-state index in [0.29, 0.717) is 64.0 Å². The van der Waals surface area contributed by atoms with Crippen molar-refractivity contribution in [2.45, 2.75) is 32.6 Å². The van der Waals surface area contributed by atoms with E-state index in [1.807, 2.05) is 49.0 Å². The lowest BCUT2D eigenvalue weighted by molar-refractivity contribution is -0.136. The van der Waals surface area contributed by atoms with Crippen molar-refractivity contribution in [2.24, 2.45) is 7.05 Å². The van der Waals surface area contributed by atoms with Crippen molar-refractivity contribution in [1.82, 2.24) is 29.7 Å². The molecule has 6 rings (SSSR count). The van der Waals surface area contributed by atoms with Gasteiger partial charge in [-0.15, -0.1) is 0 Å². The van der Waals surface area contributed by atoms with Crippen LogP contribution in [0.2, 0.25) is 10.0 Å². The number of halogens is 2. The van der Waals surface area contributed by atoms with Crippen LogP contribution in [0.3, 0.4) is 0 Å². The zero-order valence-corrected chi connectivity index (χ0v) is 26.5. The highest BCUT2D eigenvalue weighted by Crippen LogP contribution is 2.43. The van der Waals surface area contributed by atoms with Crippen molar-refractivity contribution in [3.05, 3.63) is 80.7 Å². The lowest BCUT2D eigenvalue weighted by Gasteiger charge is -2.21. The maximum Gasteiger partial charge on any atom is 0.317 e. The number of nitrogens with zero attached hydrogens (tertiary/aromatic N) is 6. The number of anilines is 2. The van der Waals surface area contributed by atoms with Crippen molar-refractivity contribution in [2.75, 3.05) is 37.5 Å². The van der Waals surface area contributed by atoms with Gasteiger partial charge in [-0.05, 0) is 19.2 Å². The summed E-state index contributed by atoms with van der Waals surface area (Å²) in [6, 6.07) is 11.2. The number of benzene rings is 2. The number of amides is 1. The topological polar surface area (TPSA) is 138 Å². The first-order chi connectivity index (χ1) is 21.6. The van der Waals surface area contributed by atoms with Crippen LogP contribution >= 0.6 is 23.2 Å². The molecule has 4 heterocycles. The molecule has 0 radical (unpaired) electrons. The highest BCUT2D eigenvalue weighted by atomic mass is 35.5. The van der Waals surface area contributed by atoms with Gasteiger partial charge in [0.15, 0.2) is 5.82 Å². The van der Waals surface area contributed by atoms with Gasteiger partial charge < -0.3 is 29.5 Å². The smallest absolute Gasteiger partial charge is 0.317 e. The molecule has 14 heteroatoms. The molecule has 0 fully saturated rings. The minimum Gasteiger partial charge on any atom is -0.481 e. The molecule has 3 N–H and O–H groups in total. The monoisotopic (exact) mass is 650 g/mol. The third-order valence-electron chi connectivity index (χ3n) is 8.05. The molecule has 0 bridgehead atoms. The highest BCUT2D eigenvalue weighted by Gasteiger charge is 2.29. The molecule has 0 aliphatic carbocycles. The fourth-order valence-corrected chi connectivity index (χ4v) is 6.44. The first-order valence-corrected chi connectivity index (χ1v) is 15.1. The van der Waals surface area contributed by atoms with Gasteiger partial charge >= 0.3 is 5.97 Å². The molecule has 2 aromatic heterocycles. The van der Waals surface area contributed by atoms with E-state index in [1.54, 1.807) is 13.2 Å². The molecule has 234 valence electrons. The van der Waals surface area contributed by atoms with E-state index in [-0.39, 0.29) is 19.0 Å². The van der Waals surface area contributed by atoms with Gasteiger partial charge in [0, 0.05) is 43.4 Å². The summed E-state index contributed by atoms with van der Waals surface area (Å²) in [7, 11) is 5.45. The number of methoxy groups -OCH3 is 1. The summed E-state index contributed by atoms with van der Waals surface area (Å²) in [5, 5.41) is 15.5. The Morgan fingerprint density at radius 1 is 0.978 bits per heavy atom. The molecule has 2 aromatic carbocycles. The third-order valence-corrected chi connectivity index (χ3v) is 8.85. The fraction of sp³-hybridized carbons (Fsp3) is 0.323. The molecular weight excluding hydrogens is 619 g/mol. The molecule has 2 aliphatic heterocycles. The van der Waals surface area contributed by atoms with Crippen LogP contribution in [0.15, 0.2) is 36.4 Å². The first-order valence-electron chi connectivity index (χ1n) is 14.4. The summed E-state index contributed by atoms with van der Waals surface area (Å²) in [5.41, 5.74) is 6.21. The number of imidazole rings is 1. The quantitative estimate of drug-likeness (QED) is 0.242. The van der Waals surface area contributed by atoms with Crippen molar-refractivity contribution in [3.63, 3.8) is 0 Å². The van der Waals surface area contributed by atoms with Crippen LogP contribution in [0.5, 0.6) is 5.88 Å². The molecular formula is C31H32Cl2N8O4. The fourth-order valence-electron chi connectivity index (χ4n) is 5.82. The van der Waals surface area contributed by atoms with Gasteiger partial charge in [0.2, 0.25) is 5.88 Å². The third kappa shape index (κ3) is 6.06. The lowest BCUT2D eigenvalue weighted by Crippen LogP contribution is -2.27. The summed E-state index contributed by atoms with van der Waals surface area (Å²) in [6.45, 7) is 2.53. The number of aliphatic carboxylic acids is 1. The number of carbonyl (C=O) groups is 2. The summed E-state index contributed by atoms with van der Waals surface area (Å²) in [6.07, 6.45) is 0.834. The number of ether oxygens (including phenoxy) is 1. The molecule has 0 saturated heterocycles. The lowest BCUT2D eigenvalue weighted by atomic mass is 10.0. The summed E-state index contributed by atoms with van der Waals surface area (Å²) in [5.74, 6) is -0.0802. The van der Waals surface area contributed by atoms with E-state index in [0.717, 1.165) is 41.3 Å². The largest absolute Gasteiger partial charge is 0.481 e. The van der Waals surface area contributed by atoms with Gasteiger partial charge in [-0.2, -0.15) is 4.98 Å². The average molecular weight is 652 g/mol. The zero-order valence-electron chi connectivity index (χ0n) is 25.0. The predicted octanol–water partition coefficient (Wildman–Crippen LogP) is 4.13. The Bertz CT molecular complexity index is 1810. The van der Waals surface area contributed by atoms with E-state index in [4.69, 9.17) is 33.0 Å². The number of fused-ring (bicyclic) bond motifs is 2. The van der Waals surface area contributed by atoms with Crippen molar-refractivity contribution in [1.29, 1.82) is 0 Å². The number of carbonyl (C=O) groups excluding carboxylic acids is 1. The molecule has 12 nitrogen and oxygen atoms in total. The van der Waals surface area contributed by atoms with Gasteiger partial charge in [0.25, 0.3) is 5.91 Å². The van der Waals surface area contributed by atoms with Crippen molar-refractivity contribution >= 4 is 46.5 Å². The maximum absolute atomic E-state index is 13.4. The average Bonchev–Trinajstić information content (AvgIpc) is 3.58. The van der Waals surface area contributed by atoms with Crippen LogP contribution in [0.4, 0.5) is 11.4 Å². The van der Waals surface area contributed by atoms with Crippen molar-refractivity contribution < 1.29 is 19.4 Å². The minimum absolute atomic E-state index is 0.192. The number of nitrogens with one attached hydrogen (secondary N) is 2. The van der Waals surface area contributed by atoms with Crippen LogP contribution in [-0.4, -0.2) is 68.6 Å². The molecule has 2 aliphatic rings. The molecule has 0 spiro atoms. The second-order valence-corrected chi connectivity index (χ2v) is 11.8. The summed E-state index contributed by atoms with van der Waals surface area (Å²) >= 11 is 14.0. The molecule has 0 atom stereocenters. The van der Waals surface area contributed by atoms with E-state index >= 15 is 0 Å². The van der Waals surface area contributed by atoms with Crippen LogP contribution in [0, 0.1) is 0 Å². The molecule has 1 amide bonds. The Kier molecular flexibility index (Phi) is 8.65. The standard InChI is InChI=1S/C31H32Cl2N8O4/c1-39-11-10-23-22(15-39)36-29(40(23)2)30(44)37-20-8-4-6-17(27(20)32)18-7-5-9-24(28(18)33)41-14-19-21(16-41)35-25(38-31(19)45-3)12-34-13-26(42)43/h4-9,34H,10-16H2,1-3H3,(H,37,44)(H,42,43). The molecule has 0 unspecified atom stereocenters. The minimum atomic E-state index is -0.962. The summed E-state index contributed by atoms with van der Waals surface area (Å²) in [4.78, 5) is 42.2. The number of hydrogen-bond donors (Lipinski definition) is 3. The number of rotatable bonds is 9. The maximum atomic E-state index is 13.4. The zero-order chi connectivity index (χ0) is 31.8. The Labute approximate surface area is 270 Å². The van der Waals surface area contributed by atoms with Gasteiger partial charge in [-0.3, -0.25) is 14.9 Å². The number of carboxylic acids is 1. The molecule has 0 saturated carbocycles. The first kappa shape index (κ1) is 30.8. The van der Waals surface area contributed by atoms with Crippen LogP contribution in [-0.2, 0) is 44.4 Å². The number of aromatic nitrogens is 4. The van der Waals surface area contributed by atoms with E-state index in [9.17, 15) is 9.59 Å². The molecule has 45 heavy (non-hydrogen) atoms. The van der Waals surface area contributed by atoms with E-state index < -0.39 is 5.97 Å². The van der Waals surface area contributed by atoms with E-state index in [1.165, 1.54) is 0 Å². The number of carboxylic acid groups (broad SMARTS) is 1. The van der Waals surface area contributed by atoms with E-state index in [2.05, 4.69) is 35.4 Å². The second kappa shape index (κ2) is 12.6. The Morgan fingerprint density at radius 2 is 1.73 bits per heavy atom. The number of hydrogen-bond acceptors (Lipinski definition) is 9. The second-order valence-electron chi connectivity index (χ2n) is 11.1. The van der Waals surface area contributed by atoms with Gasteiger partial charge in [0.1, 0.15) is 5.82 Å². The van der Waals surface area contributed by atoms with Gasteiger partial charge in [-0.1, -0.05) is 47.5 Å². The normalized spacial score (nSPS) is 14.3. The van der Waals surface area contributed by atoms with Crippen LogP contribution in [0.25, 0.3) is 11.1 Å². The van der Waals surface area contributed by atoms with Gasteiger partial charge in [0.05, 0.1) is 71.7 Å². The highest BCUT2D eigenvalue weighted by molar-refractivity contribution is 6.39. The van der Waals surface area contributed by atoms with Crippen LogP contribution < -0.4 is 20.3 Å². The SMILES string of the molecule is COc1nc(CNCC(=O)O)nc2c1CN(c1cccc(-c3cccc(NC(=O)c4nc5c(n4C)CCN(C)C5)c3Cl)c1Cl)C2. The summed E-state index contributed by atoms with van der Waals surface area (Å²) < 4.78 is 7.41. The molecule has 4 aromatic rings. The Balaban J connectivity index is 1.24. The van der Waals surface area contributed by atoms with Gasteiger partial charge in [-0.25, -0.2) is 9.97 Å². The van der Waals surface area contributed by atoms with Crippen LogP contribution in [0.1, 0.15) is 39.1 Å². The predicted molar refractivity (Wildman–Crippen MR) is 171 cm³/mol. The number of likely N-dealkylation sites (N-methyl/N-ethyl adjacent to an activating group) is 1. The van der Waals surface area contributed by atoms with Crippen molar-refractivity contribution in [3.8, 4) is 17.0 Å².